The zero-order valence-corrected chi connectivity index (χ0v) is 17.3. The quantitative estimate of drug-likeness (QED) is 0.431. The predicted molar refractivity (Wildman–Crippen MR) is 120 cm³/mol. The smallest absolute Gasteiger partial charge is 0.271 e. The molecule has 0 radical (unpaired) electrons. The Balaban J connectivity index is 1.57. The van der Waals surface area contributed by atoms with Gasteiger partial charge in [0.1, 0.15) is 11.5 Å². The molecule has 0 aromatic heterocycles. The number of amides is 2. The number of anilines is 1. The number of hydrazone groups is 1. The molecule has 0 bridgehead atoms. The van der Waals surface area contributed by atoms with Crippen LogP contribution in [0.15, 0.2) is 77.9 Å². The molecule has 7 nitrogen and oxygen atoms in total. The summed E-state index contributed by atoms with van der Waals surface area (Å²) in [5.41, 5.74) is 5.33. The van der Waals surface area contributed by atoms with E-state index in [-0.39, 0.29) is 18.4 Å². The summed E-state index contributed by atoms with van der Waals surface area (Å²) >= 11 is 0. The van der Waals surface area contributed by atoms with Crippen molar-refractivity contribution in [2.45, 2.75) is 6.92 Å². The number of rotatable bonds is 8. The van der Waals surface area contributed by atoms with E-state index in [4.69, 9.17) is 9.47 Å². The SMILES string of the molecule is COc1cccc(C(=O)N/N=C/c2ccccc2OCC(=O)Nc2ccc(C)cc2)c1. The van der Waals surface area contributed by atoms with Crippen LogP contribution in [0.1, 0.15) is 21.5 Å². The second-order valence-electron chi connectivity index (χ2n) is 6.67. The fourth-order valence-corrected chi connectivity index (χ4v) is 2.69. The lowest BCUT2D eigenvalue weighted by molar-refractivity contribution is -0.118. The van der Waals surface area contributed by atoms with Crippen molar-refractivity contribution in [3.05, 3.63) is 89.5 Å². The minimum atomic E-state index is -0.369. The lowest BCUT2D eigenvalue weighted by Gasteiger charge is -2.10. The van der Waals surface area contributed by atoms with Crippen molar-refractivity contribution in [1.82, 2.24) is 5.43 Å². The molecule has 3 rings (SSSR count). The van der Waals surface area contributed by atoms with Gasteiger partial charge in [-0.1, -0.05) is 35.9 Å². The van der Waals surface area contributed by atoms with Crippen LogP contribution in [-0.4, -0.2) is 31.7 Å². The zero-order valence-electron chi connectivity index (χ0n) is 17.3. The molecular weight excluding hydrogens is 394 g/mol. The molecule has 7 heteroatoms. The predicted octanol–water partition coefficient (Wildman–Crippen LogP) is 3.79. The summed E-state index contributed by atoms with van der Waals surface area (Å²) in [6.45, 7) is 1.82. The van der Waals surface area contributed by atoms with Gasteiger partial charge in [0.25, 0.3) is 11.8 Å². The first-order chi connectivity index (χ1) is 15.0. The van der Waals surface area contributed by atoms with Gasteiger partial charge in [0.05, 0.1) is 13.3 Å². The largest absolute Gasteiger partial charge is 0.497 e. The van der Waals surface area contributed by atoms with Crippen LogP contribution in [-0.2, 0) is 4.79 Å². The highest BCUT2D eigenvalue weighted by Gasteiger charge is 2.08. The Hall–Kier alpha value is -4.13. The average molecular weight is 417 g/mol. The van der Waals surface area contributed by atoms with Gasteiger partial charge in [0.2, 0.25) is 0 Å². The maximum Gasteiger partial charge on any atom is 0.271 e. The first kappa shape index (κ1) is 21.6. The van der Waals surface area contributed by atoms with E-state index >= 15 is 0 Å². The normalized spacial score (nSPS) is 10.5. The Morgan fingerprint density at radius 2 is 1.77 bits per heavy atom. The third-order valence-corrected chi connectivity index (χ3v) is 4.31. The number of nitrogens with one attached hydrogen (secondary N) is 2. The highest BCUT2D eigenvalue weighted by molar-refractivity contribution is 5.95. The Labute approximate surface area is 180 Å². The van der Waals surface area contributed by atoms with Crippen LogP contribution >= 0.6 is 0 Å². The summed E-state index contributed by atoms with van der Waals surface area (Å²) in [5, 5.41) is 6.77. The van der Waals surface area contributed by atoms with E-state index in [0.717, 1.165) is 5.56 Å². The fourth-order valence-electron chi connectivity index (χ4n) is 2.69. The van der Waals surface area contributed by atoms with E-state index < -0.39 is 0 Å². The van der Waals surface area contributed by atoms with Gasteiger partial charge in [-0.3, -0.25) is 9.59 Å². The molecule has 2 N–H and O–H groups in total. The Morgan fingerprint density at radius 1 is 1.00 bits per heavy atom. The van der Waals surface area contributed by atoms with Crippen molar-refractivity contribution < 1.29 is 19.1 Å². The average Bonchev–Trinajstić information content (AvgIpc) is 2.80. The second-order valence-corrected chi connectivity index (χ2v) is 6.67. The Kier molecular flexibility index (Phi) is 7.37. The molecule has 0 aliphatic rings. The summed E-state index contributed by atoms with van der Waals surface area (Å²) in [6, 6.07) is 21.4. The lowest BCUT2D eigenvalue weighted by Crippen LogP contribution is -2.20. The first-order valence-corrected chi connectivity index (χ1v) is 9.61. The maximum absolute atomic E-state index is 12.2. The Morgan fingerprint density at radius 3 is 2.55 bits per heavy atom. The molecule has 0 saturated heterocycles. The number of carbonyl (C=O) groups excluding carboxylic acids is 2. The van der Waals surface area contributed by atoms with Gasteiger partial charge >= 0.3 is 0 Å². The zero-order chi connectivity index (χ0) is 22.1. The van der Waals surface area contributed by atoms with E-state index in [0.29, 0.717) is 28.3 Å². The summed E-state index contributed by atoms with van der Waals surface area (Å²) in [5.74, 6) is 0.410. The molecule has 0 fully saturated rings. The molecule has 0 aliphatic heterocycles. The van der Waals surface area contributed by atoms with Crippen molar-refractivity contribution >= 4 is 23.7 Å². The Bertz CT molecular complexity index is 1080. The van der Waals surface area contributed by atoms with E-state index in [2.05, 4.69) is 15.8 Å². The summed E-state index contributed by atoms with van der Waals surface area (Å²) in [4.78, 5) is 24.4. The highest BCUT2D eigenvalue weighted by Crippen LogP contribution is 2.16. The fraction of sp³-hybridized carbons (Fsp3) is 0.125. The molecule has 31 heavy (non-hydrogen) atoms. The number of benzene rings is 3. The number of hydrogen-bond acceptors (Lipinski definition) is 5. The van der Waals surface area contributed by atoms with Gasteiger partial charge in [-0.15, -0.1) is 0 Å². The van der Waals surface area contributed by atoms with E-state index in [1.807, 2.05) is 37.3 Å². The van der Waals surface area contributed by atoms with Gasteiger partial charge < -0.3 is 14.8 Å². The standard InChI is InChI=1S/C24H23N3O4/c1-17-10-12-20(13-11-17)26-23(28)16-31-22-9-4-3-6-19(22)15-25-27-24(29)18-7-5-8-21(14-18)30-2/h3-15H,16H2,1-2H3,(H,26,28)(H,27,29)/b25-15+. The number of carbonyl (C=O) groups is 2. The third kappa shape index (κ3) is 6.43. The van der Waals surface area contributed by atoms with E-state index in [1.165, 1.54) is 13.3 Å². The maximum atomic E-state index is 12.2. The molecule has 2 amide bonds. The molecule has 0 spiro atoms. The van der Waals surface area contributed by atoms with Crippen molar-refractivity contribution in [1.29, 1.82) is 0 Å². The number of methoxy groups -OCH3 is 1. The van der Waals surface area contributed by atoms with Crippen LogP contribution in [0.2, 0.25) is 0 Å². The van der Waals surface area contributed by atoms with E-state index in [1.54, 1.807) is 42.5 Å². The summed E-state index contributed by atoms with van der Waals surface area (Å²) < 4.78 is 10.8. The van der Waals surface area contributed by atoms with Crippen LogP contribution in [0, 0.1) is 6.92 Å². The summed E-state index contributed by atoms with van der Waals surface area (Å²) in [6.07, 6.45) is 1.46. The first-order valence-electron chi connectivity index (χ1n) is 9.61. The molecule has 0 unspecified atom stereocenters. The van der Waals surface area contributed by atoms with Gasteiger partial charge in [-0.25, -0.2) is 5.43 Å². The van der Waals surface area contributed by atoms with Crippen LogP contribution in [0.5, 0.6) is 11.5 Å². The number of aryl methyl sites for hydroxylation is 1. The highest BCUT2D eigenvalue weighted by atomic mass is 16.5. The van der Waals surface area contributed by atoms with Gasteiger partial charge in [0.15, 0.2) is 6.61 Å². The monoisotopic (exact) mass is 417 g/mol. The van der Waals surface area contributed by atoms with Gasteiger partial charge in [-0.2, -0.15) is 5.10 Å². The molecule has 158 valence electrons. The van der Waals surface area contributed by atoms with Crippen molar-refractivity contribution in [3.63, 3.8) is 0 Å². The van der Waals surface area contributed by atoms with Gasteiger partial charge in [0, 0.05) is 16.8 Å². The topological polar surface area (TPSA) is 89.0 Å². The number of para-hydroxylation sites is 1. The van der Waals surface area contributed by atoms with Crippen molar-refractivity contribution in [2.75, 3.05) is 19.0 Å². The van der Waals surface area contributed by atoms with Crippen LogP contribution < -0.4 is 20.2 Å². The third-order valence-electron chi connectivity index (χ3n) is 4.31. The van der Waals surface area contributed by atoms with Crippen LogP contribution in [0.25, 0.3) is 0 Å². The molecular formula is C24H23N3O4. The molecule has 3 aromatic rings. The number of ether oxygens (including phenoxy) is 2. The minimum absolute atomic E-state index is 0.158. The number of nitrogens with zero attached hydrogens (tertiary/aromatic N) is 1. The molecule has 0 atom stereocenters. The number of hydrogen-bond donors (Lipinski definition) is 2. The molecule has 0 saturated carbocycles. The molecule has 0 heterocycles. The molecule has 0 aliphatic carbocycles. The minimum Gasteiger partial charge on any atom is -0.497 e. The van der Waals surface area contributed by atoms with Crippen molar-refractivity contribution in [3.8, 4) is 11.5 Å². The second kappa shape index (κ2) is 10.6. The van der Waals surface area contributed by atoms with Crippen molar-refractivity contribution in [2.24, 2.45) is 5.10 Å². The van der Waals surface area contributed by atoms with Crippen LogP contribution in [0.3, 0.4) is 0 Å². The lowest BCUT2D eigenvalue weighted by atomic mass is 10.2. The van der Waals surface area contributed by atoms with Crippen LogP contribution in [0.4, 0.5) is 5.69 Å². The summed E-state index contributed by atoms with van der Waals surface area (Å²) in [7, 11) is 1.53. The van der Waals surface area contributed by atoms with Gasteiger partial charge in [-0.05, 0) is 49.4 Å². The molecule has 3 aromatic carbocycles. The van der Waals surface area contributed by atoms with E-state index in [9.17, 15) is 9.59 Å².